The molecule has 46 heavy (non-hydrogen) atoms. The van der Waals surface area contributed by atoms with Crippen molar-refractivity contribution in [2.24, 2.45) is 11.3 Å². The molecular weight excluding hydrogens is 574 g/mol. The van der Waals surface area contributed by atoms with E-state index in [1.165, 1.54) is 12.8 Å². The number of hydrogen-bond donors (Lipinski definition) is 4. The number of benzene rings is 1. The molecule has 1 unspecified atom stereocenters. The quantitative estimate of drug-likeness (QED) is 0.198. The number of phenolic OH excluding ortho intramolecular Hbond substituents is 1. The van der Waals surface area contributed by atoms with E-state index in [0.29, 0.717) is 31.1 Å². The molecule has 3 bridgehead atoms. The molecule has 2 aromatic heterocycles. The van der Waals surface area contributed by atoms with Crippen molar-refractivity contribution in [2.45, 2.75) is 95.2 Å². The fraction of sp³-hybridized carbons (Fsp3) is 0.579. The van der Waals surface area contributed by atoms with Gasteiger partial charge in [0.05, 0.1) is 28.0 Å². The minimum absolute atomic E-state index is 0.0116. The van der Waals surface area contributed by atoms with Crippen molar-refractivity contribution in [2.75, 3.05) is 38.0 Å². The minimum atomic E-state index is -1.03. The molecule has 3 aromatic rings. The van der Waals surface area contributed by atoms with Gasteiger partial charge in [-0.25, -0.2) is 0 Å². The van der Waals surface area contributed by atoms with Crippen LogP contribution in [0.1, 0.15) is 83.2 Å². The molecule has 8 heteroatoms. The molecule has 0 amide bonds. The lowest BCUT2D eigenvalue weighted by atomic mass is 9.54. The third-order valence-electron chi connectivity index (χ3n) is 12.1. The van der Waals surface area contributed by atoms with Gasteiger partial charge in [-0.15, -0.1) is 0 Å². The number of phenols is 1. The monoisotopic (exact) mass is 623 g/mol. The standard InChI is InChI=1S/C38H49N5O3/c1-2-39-31-14-13-27-28-15-18-40-32(33(28)41-34(27)35(31)45)29-23-38(46)17-7-5-3-4-6-8-19-42-21-16-30(29)37(24-42)22-25-11-12-26(44)10-9-20-43(25)36(37)38/h3,5,13-15,18,23,25,30,36,39,41,45-46H,2,4,6-12,16-17,19-22,24H2,1H3/b5-3-/t25-,30-,36+,37-,38-/m0/s1. The molecule has 8 nitrogen and oxygen atoms in total. The predicted octanol–water partition coefficient (Wildman–Crippen LogP) is 6.40. The Kier molecular flexibility index (Phi) is 7.73. The summed E-state index contributed by atoms with van der Waals surface area (Å²) in [6, 6.07) is 6.39. The van der Waals surface area contributed by atoms with Crippen LogP contribution in [0.25, 0.3) is 27.4 Å². The molecule has 4 aliphatic heterocycles. The van der Waals surface area contributed by atoms with Gasteiger partial charge < -0.3 is 25.4 Å². The molecule has 8 rings (SSSR count). The first-order chi connectivity index (χ1) is 22.4. The number of aromatic hydroxyl groups is 1. The molecule has 3 saturated heterocycles. The first kappa shape index (κ1) is 30.2. The Bertz CT molecular complexity index is 1710. The number of fused-ring (bicyclic) bond motifs is 5. The van der Waals surface area contributed by atoms with Gasteiger partial charge in [-0.05, 0) is 120 Å². The number of allylic oxidation sites excluding steroid dienone is 3. The number of nitrogens with zero attached hydrogens (tertiary/aromatic N) is 3. The van der Waals surface area contributed by atoms with Gasteiger partial charge in [-0.3, -0.25) is 14.7 Å². The van der Waals surface area contributed by atoms with Crippen LogP contribution < -0.4 is 5.32 Å². The molecule has 6 heterocycles. The molecule has 0 saturated carbocycles. The van der Waals surface area contributed by atoms with E-state index >= 15 is 0 Å². The maximum Gasteiger partial charge on any atom is 0.163 e. The summed E-state index contributed by atoms with van der Waals surface area (Å²) in [5, 5.41) is 29.7. The topological polar surface area (TPSA) is 105 Å². The van der Waals surface area contributed by atoms with Gasteiger partial charge >= 0.3 is 0 Å². The second kappa shape index (κ2) is 11.8. The molecule has 1 spiro atoms. The van der Waals surface area contributed by atoms with E-state index in [9.17, 15) is 15.0 Å². The number of aromatic amines is 1. The fourth-order valence-electron chi connectivity index (χ4n) is 10.3. The van der Waals surface area contributed by atoms with Crippen LogP contribution in [-0.4, -0.2) is 86.2 Å². The Morgan fingerprint density at radius 2 is 1.89 bits per heavy atom. The summed E-state index contributed by atoms with van der Waals surface area (Å²) in [4.78, 5) is 26.7. The second-order valence-electron chi connectivity index (χ2n) is 14.7. The number of aromatic nitrogens is 2. The zero-order valence-corrected chi connectivity index (χ0v) is 27.2. The lowest BCUT2D eigenvalue weighted by Crippen LogP contribution is -2.65. The number of anilines is 1. The Balaban J connectivity index is 1.32. The maximum atomic E-state index is 13.2. The van der Waals surface area contributed by atoms with Crippen molar-refractivity contribution in [1.82, 2.24) is 19.8 Å². The Labute approximate surface area is 271 Å². The number of ketones is 1. The van der Waals surface area contributed by atoms with Gasteiger partial charge in [0.15, 0.2) is 5.75 Å². The SMILES string of the molecule is CCNc1ccc2c([nH]c3c(C4=C[C@@]5(O)CC/C=C\CCCCN6CC[C@@H]4[C@]4(C[C@@H]7CCC(=O)CCCN7[C@H]45)C6)nccc32)c1O. The Hall–Kier alpha value is -3.20. The molecule has 6 atom stereocenters. The van der Waals surface area contributed by atoms with Crippen molar-refractivity contribution in [3.63, 3.8) is 0 Å². The number of pyridine rings is 1. The normalized spacial score (nSPS) is 34.5. The summed E-state index contributed by atoms with van der Waals surface area (Å²) in [7, 11) is 0. The summed E-state index contributed by atoms with van der Waals surface area (Å²) in [5.41, 5.74) is 3.27. The number of nitrogens with one attached hydrogen (secondary N) is 2. The van der Waals surface area contributed by atoms with Crippen molar-refractivity contribution >= 4 is 38.8 Å². The Morgan fingerprint density at radius 1 is 1.02 bits per heavy atom. The van der Waals surface area contributed by atoms with Crippen LogP contribution in [0.4, 0.5) is 5.69 Å². The van der Waals surface area contributed by atoms with E-state index in [1.54, 1.807) is 0 Å². The van der Waals surface area contributed by atoms with Crippen LogP contribution >= 0.6 is 0 Å². The molecule has 244 valence electrons. The van der Waals surface area contributed by atoms with E-state index in [0.717, 1.165) is 110 Å². The fourth-order valence-corrected chi connectivity index (χ4v) is 10.3. The predicted molar refractivity (Wildman–Crippen MR) is 184 cm³/mol. The van der Waals surface area contributed by atoms with Gasteiger partial charge in [-0.1, -0.05) is 12.2 Å². The Morgan fingerprint density at radius 3 is 2.78 bits per heavy atom. The van der Waals surface area contributed by atoms with Crippen LogP contribution in [0.2, 0.25) is 0 Å². The highest BCUT2D eigenvalue weighted by atomic mass is 16.3. The van der Waals surface area contributed by atoms with Gasteiger partial charge in [0.1, 0.15) is 5.78 Å². The minimum Gasteiger partial charge on any atom is -0.504 e. The average molecular weight is 624 g/mol. The number of carbonyl (C=O) groups is 1. The summed E-state index contributed by atoms with van der Waals surface area (Å²) in [6.45, 7) is 6.74. The highest BCUT2D eigenvalue weighted by molar-refractivity contribution is 6.12. The number of carbonyl (C=O) groups excluding carboxylic acids is 1. The van der Waals surface area contributed by atoms with E-state index in [-0.39, 0.29) is 23.1 Å². The number of Topliss-reactive ketones (excluding diaryl/α,β-unsaturated/α-hetero) is 1. The lowest BCUT2D eigenvalue weighted by Gasteiger charge is -2.58. The lowest BCUT2D eigenvalue weighted by molar-refractivity contribution is -0.120. The van der Waals surface area contributed by atoms with Crippen molar-refractivity contribution in [3.8, 4) is 5.75 Å². The van der Waals surface area contributed by atoms with E-state index in [4.69, 9.17) is 4.98 Å². The van der Waals surface area contributed by atoms with Gasteiger partial charge in [0, 0.05) is 60.4 Å². The molecule has 4 N–H and O–H groups in total. The first-order valence-electron chi connectivity index (χ1n) is 17.9. The molecule has 0 radical (unpaired) electrons. The van der Waals surface area contributed by atoms with Crippen molar-refractivity contribution in [1.29, 1.82) is 0 Å². The zero-order valence-electron chi connectivity index (χ0n) is 27.2. The summed E-state index contributed by atoms with van der Waals surface area (Å²) < 4.78 is 0. The zero-order chi connectivity index (χ0) is 31.5. The van der Waals surface area contributed by atoms with Gasteiger partial charge in [0.2, 0.25) is 0 Å². The number of piperidine rings is 1. The third-order valence-corrected chi connectivity index (χ3v) is 12.1. The van der Waals surface area contributed by atoms with Crippen LogP contribution in [0.5, 0.6) is 5.75 Å². The number of aliphatic hydroxyl groups is 1. The number of H-pyrrole nitrogens is 1. The molecular formula is C38H49N5O3. The van der Waals surface area contributed by atoms with Crippen LogP contribution in [0.3, 0.4) is 0 Å². The van der Waals surface area contributed by atoms with Crippen molar-refractivity contribution in [3.05, 3.63) is 48.3 Å². The van der Waals surface area contributed by atoms with Crippen molar-refractivity contribution < 1.29 is 15.0 Å². The van der Waals surface area contributed by atoms with E-state index in [1.807, 2.05) is 25.3 Å². The molecule has 1 aromatic carbocycles. The third kappa shape index (κ3) is 4.82. The smallest absolute Gasteiger partial charge is 0.163 e. The van der Waals surface area contributed by atoms with Crippen LogP contribution in [0, 0.1) is 11.3 Å². The maximum absolute atomic E-state index is 13.2. The van der Waals surface area contributed by atoms with Gasteiger partial charge in [0.25, 0.3) is 0 Å². The summed E-state index contributed by atoms with van der Waals surface area (Å²) >= 11 is 0. The summed E-state index contributed by atoms with van der Waals surface area (Å²) in [5.74, 6) is 0.867. The average Bonchev–Trinajstić information content (AvgIpc) is 3.57. The first-order valence-corrected chi connectivity index (χ1v) is 17.9. The highest BCUT2D eigenvalue weighted by Crippen LogP contribution is 2.62. The highest BCUT2D eigenvalue weighted by Gasteiger charge is 2.66. The van der Waals surface area contributed by atoms with E-state index < -0.39 is 5.60 Å². The molecule has 5 aliphatic rings. The van der Waals surface area contributed by atoms with Crippen LogP contribution in [-0.2, 0) is 4.79 Å². The summed E-state index contributed by atoms with van der Waals surface area (Å²) in [6.07, 6.45) is 18.8. The largest absolute Gasteiger partial charge is 0.504 e. The number of rotatable bonds is 3. The number of hydrogen-bond acceptors (Lipinski definition) is 7. The van der Waals surface area contributed by atoms with Crippen LogP contribution in [0.15, 0.2) is 42.6 Å². The van der Waals surface area contributed by atoms with Gasteiger partial charge in [-0.2, -0.15) is 0 Å². The molecule has 3 fully saturated rings. The second-order valence-corrected chi connectivity index (χ2v) is 14.7. The molecule has 1 aliphatic carbocycles. The van der Waals surface area contributed by atoms with E-state index in [2.05, 4.69) is 44.4 Å².